The van der Waals surface area contributed by atoms with Gasteiger partial charge in [0.15, 0.2) is 0 Å². The number of rotatable bonds is 9. The summed E-state index contributed by atoms with van der Waals surface area (Å²) in [5.74, 6) is -0.189. The number of carbonyl (C=O) groups is 3. The molecule has 180 valence electrons. The molecule has 2 N–H and O–H groups in total. The van der Waals surface area contributed by atoms with Gasteiger partial charge in [-0.3, -0.25) is 9.59 Å². The summed E-state index contributed by atoms with van der Waals surface area (Å²) in [5.41, 5.74) is 2.46. The van der Waals surface area contributed by atoms with Crippen LogP contribution in [0.3, 0.4) is 0 Å². The molecule has 0 radical (unpaired) electrons. The largest absolute Gasteiger partial charge is 0.497 e. The predicted octanol–water partition coefficient (Wildman–Crippen LogP) is 4.07. The normalized spacial score (nSPS) is 10.5. The van der Waals surface area contributed by atoms with Crippen LogP contribution in [0.2, 0.25) is 0 Å². The Kier molecular flexibility index (Phi) is 8.61. The molecule has 35 heavy (non-hydrogen) atoms. The zero-order valence-electron chi connectivity index (χ0n) is 19.7. The molecular formula is C27H26N2O6. The summed E-state index contributed by atoms with van der Waals surface area (Å²) in [7, 11) is 4.33. The molecule has 0 aliphatic carbocycles. The van der Waals surface area contributed by atoms with E-state index >= 15 is 0 Å². The van der Waals surface area contributed by atoms with Crippen molar-refractivity contribution in [2.75, 3.05) is 26.6 Å². The van der Waals surface area contributed by atoms with E-state index in [1.54, 1.807) is 67.8 Å². The van der Waals surface area contributed by atoms with Crippen molar-refractivity contribution in [3.63, 3.8) is 0 Å². The fraction of sp³-hybridized carbons (Fsp3) is 0.148. The van der Waals surface area contributed by atoms with E-state index in [0.29, 0.717) is 22.6 Å². The summed E-state index contributed by atoms with van der Waals surface area (Å²) in [5, 5.41) is 5.55. The first-order valence-electron chi connectivity index (χ1n) is 10.7. The van der Waals surface area contributed by atoms with Crippen LogP contribution >= 0.6 is 0 Å². The summed E-state index contributed by atoms with van der Waals surface area (Å²) < 4.78 is 15.1. The van der Waals surface area contributed by atoms with Crippen molar-refractivity contribution in [1.82, 2.24) is 5.32 Å². The van der Waals surface area contributed by atoms with Crippen molar-refractivity contribution in [3.05, 3.63) is 95.1 Å². The fourth-order valence-electron chi connectivity index (χ4n) is 3.26. The Morgan fingerprint density at radius 2 is 1.60 bits per heavy atom. The first-order valence-corrected chi connectivity index (χ1v) is 10.7. The van der Waals surface area contributed by atoms with Gasteiger partial charge in [-0.15, -0.1) is 0 Å². The molecule has 0 bridgehead atoms. The lowest BCUT2D eigenvalue weighted by atomic mass is 10.1. The number of carbonyl (C=O) groups excluding carboxylic acids is 3. The SMILES string of the molecule is COC(=O)c1cc(CNC(=O)c2ccccc2NC(=O)C=Cc2ccc(OC)cc2)ccc1OC. The molecule has 0 aromatic heterocycles. The Morgan fingerprint density at radius 3 is 2.29 bits per heavy atom. The molecule has 0 aliphatic rings. The molecule has 3 rings (SSSR count). The monoisotopic (exact) mass is 474 g/mol. The molecular weight excluding hydrogens is 448 g/mol. The highest BCUT2D eigenvalue weighted by atomic mass is 16.5. The second kappa shape index (κ2) is 12.0. The summed E-state index contributed by atoms with van der Waals surface area (Å²) in [6.45, 7) is 0.159. The quantitative estimate of drug-likeness (QED) is 0.358. The highest BCUT2D eigenvalue weighted by Crippen LogP contribution is 2.21. The van der Waals surface area contributed by atoms with E-state index in [2.05, 4.69) is 10.6 Å². The second-order valence-corrected chi connectivity index (χ2v) is 7.35. The molecule has 3 aromatic rings. The van der Waals surface area contributed by atoms with Crippen LogP contribution in [-0.2, 0) is 16.1 Å². The molecule has 0 aliphatic heterocycles. The van der Waals surface area contributed by atoms with E-state index in [-0.39, 0.29) is 23.9 Å². The minimum Gasteiger partial charge on any atom is -0.497 e. The zero-order chi connectivity index (χ0) is 25.2. The number of esters is 1. The van der Waals surface area contributed by atoms with E-state index in [1.807, 2.05) is 12.1 Å². The molecule has 0 atom stereocenters. The average molecular weight is 475 g/mol. The topological polar surface area (TPSA) is 103 Å². The Labute approximate surface area is 203 Å². The summed E-state index contributed by atoms with van der Waals surface area (Å²) >= 11 is 0. The van der Waals surface area contributed by atoms with E-state index in [9.17, 15) is 14.4 Å². The maximum Gasteiger partial charge on any atom is 0.341 e. The van der Waals surface area contributed by atoms with Crippen LogP contribution in [0.4, 0.5) is 5.69 Å². The summed E-state index contributed by atoms with van der Waals surface area (Å²) in [6.07, 6.45) is 3.06. The zero-order valence-corrected chi connectivity index (χ0v) is 19.7. The first-order chi connectivity index (χ1) is 16.9. The number of anilines is 1. The van der Waals surface area contributed by atoms with Gasteiger partial charge in [-0.2, -0.15) is 0 Å². The minimum absolute atomic E-state index is 0.159. The predicted molar refractivity (Wildman–Crippen MR) is 133 cm³/mol. The van der Waals surface area contributed by atoms with Gasteiger partial charge in [0.05, 0.1) is 32.6 Å². The van der Waals surface area contributed by atoms with Gasteiger partial charge in [0.1, 0.15) is 17.1 Å². The van der Waals surface area contributed by atoms with Crippen LogP contribution < -0.4 is 20.1 Å². The molecule has 3 aromatic carbocycles. The summed E-state index contributed by atoms with van der Waals surface area (Å²) in [4.78, 5) is 37.3. The van der Waals surface area contributed by atoms with Crippen molar-refractivity contribution >= 4 is 29.5 Å². The Hall–Kier alpha value is -4.59. The molecule has 0 unspecified atom stereocenters. The number of ether oxygens (including phenoxy) is 3. The Balaban J connectivity index is 1.67. The molecule has 0 fully saturated rings. The molecule has 2 amide bonds. The number of hydrogen-bond acceptors (Lipinski definition) is 6. The smallest absolute Gasteiger partial charge is 0.341 e. The van der Waals surface area contributed by atoms with E-state index in [4.69, 9.17) is 14.2 Å². The number of methoxy groups -OCH3 is 3. The molecule has 0 saturated heterocycles. The molecule has 0 heterocycles. The van der Waals surface area contributed by atoms with Crippen molar-refractivity contribution in [2.24, 2.45) is 0 Å². The lowest BCUT2D eigenvalue weighted by Crippen LogP contribution is -2.24. The van der Waals surface area contributed by atoms with Gasteiger partial charge in [-0.1, -0.05) is 30.3 Å². The van der Waals surface area contributed by atoms with E-state index in [1.165, 1.54) is 20.3 Å². The number of para-hydroxylation sites is 1. The van der Waals surface area contributed by atoms with Crippen molar-refractivity contribution in [1.29, 1.82) is 0 Å². The second-order valence-electron chi connectivity index (χ2n) is 7.35. The maximum atomic E-state index is 12.8. The lowest BCUT2D eigenvalue weighted by Gasteiger charge is -2.12. The van der Waals surface area contributed by atoms with Crippen molar-refractivity contribution < 1.29 is 28.6 Å². The third-order valence-corrected chi connectivity index (χ3v) is 5.09. The highest BCUT2D eigenvalue weighted by molar-refractivity contribution is 6.07. The van der Waals surface area contributed by atoms with Gasteiger partial charge in [0.2, 0.25) is 5.91 Å². The van der Waals surface area contributed by atoms with Crippen molar-refractivity contribution in [2.45, 2.75) is 6.54 Å². The van der Waals surface area contributed by atoms with Crippen LogP contribution in [0.5, 0.6) is 11.5 Å². The molecule has 8 heteroatoms. The standard InChI is InChI=1S/C27H26N2O6/c1-33-20-12-8-18(9-13-20)11-15-25(30)29-23-7-5-4-6-21(23)26(31)28-17-19-10-14-24(34-2)22(16-19)27(32)35-3/h4-16H,17H2,1-3H3,(H,28,31)(H,29,30). The fourth-order valence-corrected chi connectivity index (χ4v) is 3.26. The van der Waals surface area contributed by atoms with Gasteiger partial charge in [-0.25, -0.2) is 4.79 Å². The lowest BCUT2D eigenvalue weighted by molar-refractivity contribution is -0.111. The Bertz CT molecular complexity index is 1230. The van der Waals surface area contributed by atoms with Crippen LogP contribution in [-0.4, -0.2) is 39.1 Å². The third kappa shape index (κ3) is 6.70. The maximum absolute atomic E-state index is 12.8. The molecule has 0 saturated carbocycles. The van der Waals surface area contributed by atoms with Gasteiger partial charge < -0.3 is 24.8 Å². The average Bonchev–Trinajstić information content (AvgIpc) is 2.90. The first kappa shape index (κ1) is 25.0. The number of nitrogens with one attached hydrogen (secondary N) is 2. The molecule has 0 spiro atoms. The van der Waals surface area contributed by atoms with Gasteiger partial charge >= 0.3 is 5.97 Å². The third-order valence-electron chi connectivity index (χ3n) is 5.09. The minimum atomic E-state index is -0.536. The van der Waals surface area contributed by atoms with E-state index < -0.39 is 5.97 Å². The number of amides is 2. The van der Waals surface area contributed by atoms with Crippen LogP contribution in [0, 0.1) is 0 Å². The van der Waals surface area contributed by atoms with E-state index in [0.717, 1.165) is 11.3 Å². The van der Waals surface area contributed by atoms with Gasteiger partial charge in [-0.05, 0) is 53.6 Å². The van der Waals surface area contributed by atoms with Gasteiger partial charge in [0, 0.05) is 12.6 Å². The summed E-state index contributed by atoms with van der Waals surface area (Å²) in [6, 6.07) is 18.9. The van der Waals surface area contributed by atoms with Crippen LogP contribution in [0.1, 0.15) is 31.8 Å². The van der Waals surface area contributed by atoms with Crippen LogP contribution in [0.15, 0.2) is 72.8 Å². The number of hydrogen-bond donors (Lipinski definition) is 2. The van der Waals surface area contributed by atoms with Crippen LogP contribution in [0.25, 0.3) is 6.08 Å². The van der Waals surface area contributed by atoms with Gasteiger partial charge in [0.25, 0.3) is 5.91 Å². The number of benzene rings is 3. The molecule has 8 nitrogen and oxygen atoms in total. The highest BCUT2D eigenvalue weighted by Gasteiger charge is 2.15. The Morgan fingerprint density at radius 1 is 0.857 bits per heavy atom. The van der Waals surface area contributed by atoms with Crippen molar-refractivity contribution in [3.8, 4) is 11.5 Å².